The highest BCUT2D eigenvalue weighted by Crippen LogP contribution is 2.30. The van der Waals surface area contributed by atoms with Crippen LogP contribution in [0.15, 0.2) is 58.2 Å². The first-order valence-electron chi connectivity index (χ1n) is 8.21. The minimum absolute atomic E-state index is 0.0389. The van der Waals surface area contributed by atoms with E-state index in [1.807, 2.05) is 4.72 Å². The van der Waals surface area contributed by atoms with Crippen molar-refractivity contribution in [1.29, 1.82) is 0 Å². The molecule has 0 spiro atoms. The third kappa shape index (κ3) is 5.39. The van der Waals surface area contributed by atoms with Gasteiger partial charge in [0.2, 0.25) is 15.8 Å². The molecule has 2 aromatic heterocycles. The van der Waals surface area contributed by atoms with Gasteiger partial charge < -0.3 is 9.26 Å². The number of benzene rings is 1. The van der Waals surface area contributed by atoms with Crippen LogP contribution in [0.1, 0.15) is 11.5 Å². The van der Waals surface area contributed by atoms with E-state index < -0.39 is 45.8 Å². The highest BCUT2D eigenvalue weighted by Gasteiger charge is 2.31. The van der Waals surface area contributed by atoms with Crippen LogP contribution in [0.2, 0.25) is 0 Å². The van der Waals surface area contributed by atoms with Crippen LogP contribution in [0.3, 0.4) is 0 Å². The first-order valence-corrected chi connectivity index (χ1v) is 9.69. The fourth-order valence-electron chi connectivity index (χ4n) is 2.20. The summed E-state index contributed by atoms with van der Waals surface area (Å²) < 4.78 is 74.0. The molecule has 0 fully saturated rings. The van der Waals surface area contributed by atoms with Gasteiger partial charge >= 0.3 is 12.1 Å². The Bertz CT molecular complexity index is 1130. The molecule has 0 amide bonds. The summed E-state index contributed by atoms with van der Waals surface area (Å²) >= 11 is 0. The van der Waals surface area contributed by atoms with Crippen molar-refractivity contribution in [3.8, 4) is 11.4 Å². The molecular formula is C17H13F3N4O5S. The number of halogens is 3. The Labute approximate surface area is 167 Å². The van der Waals surface area contributed by atoms with Crippen molar-refractivity contribution in [3.05, 3.63) is 60.2 Å². The summed E-state index contributed by atoms with van der Waals surface area (Å²) in [6, 6.07) is 6.48. The Balaban J connectivity index is 1.55. The molecule has 30 heavy (non-hydrogen) atoms. The fourth-order valence-corrected chi connectivity index (χ4v) is 3.21. The molecule has 0 atom stereocenters. The molecule has 0 saturated carbocycles. The van der Waals surface area contributed by atoms with E-state index in [2.05, 4.69) is 15.1 Å². The molecule has 0 aliphatic carbocycles. The van der Waals surface area contributed by atoms with Crippen LogP contribution in [0, 0.1) is 0 Å². The summed E-state index contributed by atoms with van der Waals surface area (Å²) in [7, 11) is -4.36. The molecule has 2 heterocycles. The number of ether oxygens (including phenoxy) is 1. The first kappa shape index (κ1) is 21.4. The lowest BCUT2D eigenvalue weighted by Crippen LogP contribution is -2.30. The molecule has 9 nitrogen and oxygen atoms in total. The van der Waals surface area contributed by atoms with Gasteiger partial charge in [-0.25, -0.2) is 8.42 Å². The molecule has 3 aromatic rings. The first-order chi connectivity index (χ1) is 14.1. The zero-order valence-electron chi connectivity index (χ0n) is 15.0. The third-order valence-electron chi connectivity index (χ3n) is 3.62. The number of hydrogen-bond acceptors (Lipinski definition) is 8. The number of sulfonamides is 1. The van der Waals surface area contributed by atoms with Gasteiger partial charge in [-0.15, -0.1) is 0 Å². The second-order valence-corrected chi connectivity index (χ2v) is 7.53. The van der Waals surface area contributed by atoms with Crippen LogP contribution in [0.25, 0.3) is 11.4 Å². The molecule has 0 unspecified atom stereocenters. The summed E-state index contributed by atoms with van der Waals surface area (Å²) in [6.45, 7) is -1.22. The molecule has 0 aliphatic heterocycles. The van der Waals surface area contributed by atoms with Crippen LogP contribution in [-0.2, 0) is 32.3 Å². The predicted molar refractivity (Wildman–Crippen MR) is 94.0 cm³/mol. The Morgan fingerprint density at radius 1 is 1.20 bits per heavy atom. The summed E-state index contributed by atoms with van der Waals surface area (Å²) in [5, 5.41) is 3.70. The maximum Gasteiger partial charge on any atom is 0.416 e. The van der Waals surface area contributed by atoms with Gasteiger partial charge in [-0.3, -0.25) is 9.78 Å². The molecular weight excluding hydrogens is 429 g/mol. The van der Waals surface area contributed by atoms with Gasteiger partial charge in [0.15, 0.2) is 6.61 Å². The summed E-state index contributed by atoms with van der Waals surface area (Å²) in [5.41, 5.74) is -0.554. The number of rotatable bonds is 7. The zero-order valence-corrected chi connectivity index (χ0v) is 15.8. The van der Waals surface area contributed by atoms with Crippen molar-refractivity contribution >= 4 is 16.0 Å². The number of nitrogens with one attached hydrogen (secondary N) is 1. The van der Waals surface area contributed by atoms with Gasteiger partial charge in [-0.05, 0) is 30.3 Å². The van der Waals surface area contributed by atoms with Crippen LogP contribution < -0.4 is 4.72 Å². The van der Waals surface area contributed by atoms with Gasteiger partial charge in [-0.1, -0.05) is 11.2 Å². The van der Waals surface area contributed by atoms with Gasteiger partial charge in [0.05, 0.1) is 10.5 Å². The molecule has 0 radical (unpaired) electrons. The minimum atomic E-state index is -4.71. The lowest BCUT2D eigenvalue weighted by Gasteiger charge is -2.10. The lowest BCUT2D eigenvalue weighted by molar-refractivity contribution is -0.144. The Morgan fingerprint density at radius 2 is 2.00 bits per heavy atom. The number of aromatic nitrogens is 3. The zero-order chi connectivity index (χ0) is 21.8. The Hall–Kier alpha value is -3.32. The molecule has 158 valence electrons. The molecule has 1 aromatic carbocycles. The Kier molecular flexibility index (Phi) is 6.12. The number of hydrogen-bond donors (Lipinski definition) is 1. The minimum Gasteiger partial charge on any atom is -0.455 e. The van der Waals surface area contributed by atoms with Crippen molar-refractivity contribution in [2.24, 2.45) is 0 Å². The average molecular weight is 442 g/mol. The summed E-state index contributed by atoms with van der Waals surface area (Å²) in [6.07, 6.45) is -1.64. The van der Waals surface area contributed by atoms with Gasteiger partial charge in [0.25, 0.3) is 5.89 Å². The molecule has 1 N–H and O–H groups in total. The number of carbonyl (C=O) groups is 1. The van der Waals surface area contributed by atoms with Crippen molar-refractivity contribution in [2.45, 2.75) is 17.7 Å². The predicted octanol–water partition coefficient (Wildman–Crippen LogP) is 2.17. The molecule has 0 saturated heterocycles. The topological polar surface area (TPSA) is 124 Å². The summed E-state index contributed by atoms with van der Waals surface area (Å²) in [5.74, 6) is -0.811. The van der Waals surface area contributed by atoms with E-state index in [9.17, 15) is 26.4 Å². The maximum atomic E-state index is 12.7. The number of nitrogens with zero attached hydrogens (tertiary/aromatic N) is 3. The van der Waals surface area contributed by atoms with Crippen molar-refractivity contribution in [2.75, 3.05) is 6.54 Å². The van der Waals surface area contributed by atoms with E-state index in [1.54, 1.807) is 18.3 Å². The molecule has 0 aliphatic rings. The van der Waals surface area contributed by atoms with E-state index in [0.717, 1.165) is 18.2 Å². The quantitative estimate of drug-likeness (QED) is 0.552. The van der Waals surface area contributed by atoms with Crippen LogP contribution in [0.4, 0.5) is 13.2 Å². The highest BCUT2D eigenvalue weighted by molar-refractivity contribution is 7.89. The molecule has 3 rings (SSSR count). The van der Waals surface area contributed by atoms with E-state index in [0.29, 0.717) is 11.6 Å². The SMILES string of the molecule is O=C(CNS(=O)(=O)c1cccc(C(F)(F)F)c1)OCc1nc(-c2cccnc2)no1. The van der Waals surface area contributed by atoms with Crippen molar-refractivity contribution in [3.63, 3.8) is 0 Å². The molecule has 13 heteroatoms. The van der Waals surface area contributed by atoms with E-state index in [-0.39, 0.29) is 11.7 Å². The highest BCUT2D eigenvalue weighted by atomic mass is 32.2. The monoisotopic (exact) mass is 442 g/mol. The largest absolute Gasteiger partial charge is 0.455 e. The van der Waals surface area contributed by atoms with E-state index >= 15 is 0 Å². The van der Waals surface area contributed by atoms with Gasteiger partial charge in [0.1, 0.15) is 6.54 Å². The van der Waals surface area contributed by atoms with E-state index in [4.69, 9.17) is 9.26 Å². The number of alkyl halides is 3. The van der Waals surface area contributed by atoms with Crippen LogP contribution in [0.5, 0.6) is 0 Å². The standard InChI is InChI=1S/C17H13F3N4O5S/c18-17(19,20)12-4-1-5-13(7-12)30(26,27)22-9-15(25)28-10-14-23-16(24-29-14)11-3-2-6-21-8-11/h1-8,22H,9-10H2. The van der Waals surface area contributed by atoms with Crippen LogP contribution in [-0.4, -0.2) is 36.1 Å². The molecule has 0 bridgehead atoms. The Morgan fingerprint density at radius 3 is 2.70 bits per heavy atom. The third-order valence-corrected chi connectivity index (χ3v) is 5.02. The fraction of sp³-hybridized carbons (Fsp3) is 0.176. The van der Waals surface area contributed by atoms with Crippen molar-refractivity contribution in [1.82, 2.24) is 19.8 Å². The van der Waals surface area contributed by atoms with Crippen molar-refractivity contribution < 1.29 is 35.6 Å². The normalized spacial score (nSPS) is 12.0. The van der Waals surface area contributed by atoms with Crippen LogP contribution >= 0.6 is 0 Å². The average Bonchev–Trinajstić information content (AvgIpc) is 3.20. The number of esters is 1. The van der Waals surface area contributed by atoms with E-state index in [1.165, 1.54) is 6.20 Å². The van der Waals surface area contributed by atoms with Gasteiger partial charge in [0, 0.05) is 18.0 Å². The second kappa shape index (κ2) is 8.59. The smallest absolute Gasteiger partial charge is 0.416 e. The number of pyridine rings is 1. The maximum absolute atomic E-state index is 12.7. The second-order valence-electron chi connectivity index (χ2n) is 5.76. The lowest BCUT2D eigenvalue weighted by atomic mass is 10.2. The van der Waals surface area contributed by atoms with Gasteiger partial charge in [-0.2, -0.15) is 22.9 Å². The number of carbonyl (C=O) groups excluding carboxylic acids is 1. The summed E-state index contributed by atoms with van der Waals surface area (Å²) in [4.78, 5) is 19.0.